The largest absolute Gasteiger partial charge is 0.497 e. The molecule has 1 unspecified atom stereocenters. The number of benzene rings is 2. The lowest BCUT2D eigenvalue weighted by atomic mass is 10.1. The Kier molecular flexibility index (Phi) is 5.99. The van der Waals surface area contributed by atoms with E-state index in [1.807, 2.05) is 49.3 Å². The fraction of sp³-hybridized carbons (Fsp3) is 0.333. The lowest BCUT2D eigenvalue weighted by molar-refractivity contribution is 0.363. The van der Waals surface area contributed by atoms with Crippen molar-refractivity contribution in [2.45, 2.75) is 17.9 Å². The number of nitrogens with zero attached hydrogens (tertiary/aromatic N) is 1. The van der Waals surface area contributed by atoms with Crippen LogP contribution in [0, 0.1) is 6.92 Å². The summed E-state index contributed by atoms with van der Waals surface area (Å²) in [5.74, 6) is 0.638. The van der Waals surface area contributed by atoms with Crippen LogP contribution in [0.3, 0.4) is 0 Å². The molecule has 0 saturated carbocycles. The summed E-state index contributed by atoms with van der Waals surface area (Å²) in [6.07, 6.45) is 0. The van der Waals surface area contributed by atoms with E-state index >= 15 is 0 Å². The Morgan fingerprint density at radius 2 is 1.79 bits per heavy atom. The summed E-state index contributed by atoms with van der Waals surface area (Å²) in [5.41, 5.74) is 1.58. The van der Waals surface area contributed by atoms with Gasteiger partial charge in [-0.05, 0) is 50.3 Å². The summed E-state index contributed by atoms with van der Waals surface area (Å²) in [6, 6.07) is 14.2. The number of likely N-dealkylation sites (N-methyl/N-ethyl adjacent to an activating group) is 1. The van der Waals surface area contributed by atoms with E-state index in [0.717, 1.165) is 5.56 Å². The van der Waals surface area contributed by atoms with Gasteiger partial charge in [-0.25, -0.2) is 13.1 Å². The number of rotatable bonds is 7. The van der Waals surface area contributed by atoms with Crippen molar-refractivity contribution in [1.29, 1.82) is 0 Å². The molecule has 2 aromatic rings. The highest BCUT2D eigenvalue weighted by atomic mass is 32.2. The summed E-state index contributed by atoms with van der Waals surface area (Å²) >= 11 is 0. The van der Waals surface area contributed by atoms with Gasteiger partial charge < -0.3 is 9.64 Å². The van der Waals surface area contributed by atoms with Gasteiger partial charge in [-0.3, -0.25) is 0 Å². The quantitative estimate of drug-likeness (QED) is 0.835. The summed E-state index contributed by atoms with van der Waals surface area (Å²) in [5, 5.41) is 0. The Bertz CT molecular complexity index is 774. The van der Waals surface area contributed by atoms with Gasteiger partial charge in [-0.2, -0.15) is 0 Å². The minimum atomic E-state index is -3.64. The van der Waals surface area contributed by atoms with Crippen molar-refractivity contribution in [3.8, 4) is 5.75 Å². The Morgan fingerprint density at radius 3 is 2.33 bits per heavy atom. The van der Waals surface area contributed by atoms with Gasteiger partial charge in [0.2, 0.25) is 10.0 Å². The minimum absolute atomic E-state index is 0.267. The maximum atomic E-state index is 12.8. The first kappa shape index (κ1) is 18.4. The first-order valence-electron chi connectivity index (χ1n) is 7.70. The monoisotopic (exact) mass is 348 g/mol. The van der Waals surface area contributed by atoms with Gasteiger partial charge in [-0.1, -0.05) is 30.3 Å². The van der Waals surface area contributed by atoms with Crippen molar-refractivity contribution in [3.63, 3.8) is 0 Å². The third-order valence-electron chi connectivity index (χ3n) is 3.72. The summed E-state index contributed by atoms with van der Waals surface area (Å²) in [7, 11) is 1.76. The van der Waals surface area contributed by atoms with Gasteiger partial charge >= 0.3 is 0 Å². The van der Waals surface area contributed by atoms with E-state index in [2.05, 4.69) is 4.72 Å². The zero-order valence-corrected chi connectivity index (χ0v) is 15.3. The average Bonchev–Trinajstić information content (AvgIpc) is 2.54. The van der Waals surface area contributed by atoms with Crippen molar-refractivity contribution in [2.75, 3.05) is 27.7 Å². The van der Waals surface area contributed by atoms with Crippen LogP contribution in [0.4, 0.5) is 0 Å². The Balaban J connectivity index is 2.33. The molecule has 1 N–H and O–H groups in total. The number of methoxy groups -OCH3 is 1. The summed E-state index contributed by atoms with van der Waals surface area (Å²) < 4.78 is 33.7. The molecule has 0 heterocycles. The molecule has 0 aliphatic rings. The van der Waals surface area contributed by atoms with E-state index in [-0.39, 0.29) is 10.9 Å². The van der Waals surface area contributed by atoms with E-state index in [1.54, 1.807) is 32.2 Å². The predicted octanol–water partition coefficient (Wildman–Crippen LogP) is 2.58. The normalized spacial score (nSPS) is 13.0. The molecule has 5 nitrogen and oxygen atoms in total. The molecule has 0 bridgehead atoms. The van der Waals surface area contributed by atoms with Crippen LogP contribution in [0.15, 0.2) is 53.4 Å². The average molecular weight is 348 g/mol. The van der Waals surface area contributed by atoms with Gasteiger partial charge in [0.15, 0.2) is 0 Å². The molecule has 0 aliphatic heterocycles. The van der Waals surface area contributed by atoms with Crippen LogP contribution in [-0.4, -0.2) is 41.1 Å². The lowest BCUT2D eigenvalue weighted by Gasteiger charge is -2.23. The highest BCUT2D eigenvalue weighted by Crippen LogP contribution is 2.23. The lowest BCUT2D eigenvalue weighted by Crippen LogP contribution is -2.35. The molecule has 2 rings (SSSR count). The van der Waals surface area contributed by atoms with Gasteiger partial charge in [0, 0.05) is 6.54 Å². The van der Waals surface area contributed by atoms with E-state index in [0.29, 0.717) is 17.9 Å². The maximum Gasteiger partial charge on any atom is 0.241 e. The van der Waals surface area contributed by atoms with E-state index in [4.69, 9.17) is 4.74 Å². The molecule has 2 aromatic carbocycles. The van der Waals surface area contributed by atoms with E-state index in [1.165, 1.54) is 0 Å². The molecule has 0 aromatic heterocycles. The molecule has 0 fully saturated rings. The van der Waals surface area contributed by atoms with Crippen LogP contribution in [-0.2, 0) is 10.0 Å². The summed E-state index contributed by atoms with van der Waals surface area (Å²) in [6.45, 7) is 2.33. The van der Waals surface area contributed by atoms with Crippen molar-refractivity contribution < 1.29 is 13.2 Å². The first-order chi connectivity index (χ1) is 11.3. The maximum absolute atomic E-state index is 12.8. The highest BCUT2D eigenvalue weighted by Gasteiger charge is 2.23. The van der Waals surface area contributed by atoms with Crippen LogP contribution < -0.4 is 9.46 Å². The number of aryl methyl sites for hydroxylation is 1. The fourth-order valence-electron chi connectivity index (χ4n) is 2.56. The number of hydrogen-bond acceptors (Lipinski definition) is 4. The molecule has 0 radical (unpaired) electrons. The Labute approximate surface area is 144 Å². The molecular formula is C18H24N2O3S. The van der Waals surface area contributed by atoms with E-state index in [9.17, 15) is 8.42 Å². The zero-order chi connectivity index (χ0) is 17.7. The molecule has 130 valence electrons. The van der Waals surface area contributed by atoms with Crippen molar-refractivity contribution in [3.05, 3.63) is 59.7 Å². The molecule has 0 aliphatic carbocycles. The Morgan fingerprint density at radius 1 is 1.12 bits per heavy atom. The second kappa shape index (κ2) is 7.79. The van der Waals surface area contributed by atoms with Crippen LogP contribution in [0.5, 0.6) is 5.75 Å². The smallest absolute Gasteiger partial charge is 0.241 e. The fourth-order valence-corrected chi connectivity index (χ4v) is 4.00. The Hall–Kier alpha value is -1.89. The van der Waals surface area contributed by atoms with Crippen LogP contribution in [0.25, 0.3) is 0 Å². The molecule has 0 saturated heterocycles. The number of sulfonamides is 1. The molecule has 24 heavy (non-hydrogen) atoms. The number of ether oxygens (including phenoxy) is 1. The standard InChI is InChI=1S/C18H24N2O3S/c1-14-12-16(23-4)10-11-18(14)24(21,22)19-17(13-20(2)3)15-8-6-5-7-9-15/h5-12,17,19H,13H2,1-4H3. The van der Waals surface area contributed by atoms with Gasteiger partial charge in [0.25, 0.3) is 0 Å². The van der Waals surface area contributed by atoms with Gasteiger partial charge in [0.1, 0.15) is 5.75 Å². The van der Waals surface area contributed by atoms with Gasteiger partial charge in [-0.15, -0.1) is 0 Å². The molecule has 0 amide bonds. The van der Waals surface area contributed by atoms with Crippen molar-refractivity contribution in [2.24, 2.45) is 0 Å². The first-order valence-corrected chi connectivity index (χ1v) is 9.18. The van der Waals surface area contributed by atoms with Crippen LogP contribution in [0.2, 0.25) is 0 Å². The second-order valence-corrected chi connectivity index (χ2v) is 7.66. The molecule has 6 heteroatoms. The summed E-state index contributed by atoms with van der Waals surface area (Å²) in [4.78, 5) is 2.23. The van der Waals surface area contributed by atoms with Crippen LogP contribution >= 0.6 is 0 Å². The molecule has 1 atom stereocenters. The zero-order valence-electron chi connectivity index (χ0n) is 14.5. The minimum Gasteiger partial charge on any atom is -0.497 e. The molecular weight excluding hydrogens is 324 g/mol. The molecule has 0 spiro atoms. The number of hydrogen-bond donors (Lipinski definition) is 1. The number of nitrogens with one attached hydrogen (secondary N) is 1. The topological polar surface area (TPSA) is 58.6 Å². The predicted molar refractivity (Wildman–Crippen MR) is 95.8 cm³/mol. The SMILES string of the molecule is COc1ccc(S(=O)(=O)NC(CN(C)C)c2ccccc2)c(C)c1. The third kappa shape index (κ3) is 4.56. The third-order valence-corrected chi connectivity index (χ3v) is 5.35. The van der Waals surface area contributed by atoms with Crippen molar-refractivity contribution in [1.82, 2.24) is 9.62 Å². The van der Waals surface area contributed by atoms with E-state index < -0.39 is 10.0 Å². The highest BCUT2D eigenvalue weighted by molar-refractivity contribution is 7.89. The van der Waals surface area contributed by atoms with Gasteiger partial charge in [0.05, 0.1) is 18.0 Å². The second-order valence-electron chi connectivity index (χ2n) is 5.98. The van der Waals surface area contributed by atoms with Crippen molar-refractivity contribution >= 4 is 10.0 Å². The van der Waals surface area contributed by atoms with Crippen LogP contribution in [0.1, 0.15) is 17.2 Å².